The predicted octanol–water partition coefficient (Wildman–Crippen LogP) is 3.18. The molecule has 19 heavy (non-hydrogen) atoms. The summed E-state index contributed by atoms with van der Waals surface area (Å²) in [7, 11) is 0. The van der Waals surface area contributed by atoms with E-state index in [2.05, 4.69) is 5.32 Å². The molecule has 1 rings (SSSR count). The van der Waals surface area contributed by atoms with Gasteiger partial charge in [0, 0.05) is 6.54 Å². The van der Waals surface area contributed by atoms with Gasteiger partial charge in [0.1, 0.15) is 0 Å². The number of amides is 1. The Bertz CT molecular complexity index is 455. The van der Waals surface area contributed by atoms with Crippen LogP contribution in [0.4, 0.5) is 0 Å². The van der Waals surface area contributed by atoms with E-state index in [9.17, 15) is 9.90 Å². The van der Waals surface area contributed by atoms with Gasteiger partial charge in [-0.2, -0.15) is 0 Å². The third-order valence-corrected chi connectivity index (χ3v) is 3.42. The first kappa shape index (κ1) is 16.0. The minimum absolute atomic E-state index is 0.217. The molecule has 0 heterocycles. The summed E-state index contributed by atoms with van der Waals surface area (Å²) >= 11 is 6.10. The molecule has 0 radical (unpaired) electrons. The minimum Gasteiger partial charge on any atom is -0.388 e. The highest BCUT2D eigenvalue weighted by Crippen LogP contribution is 2.20. The number of carbonyl (C=O) groups excluding carboxylic acids is 1. The van der Waals surface area contributed by atoms with Crippen molar-refractivity contribution in [3.63, 3.8) is 0 Å². The zero-order chi connectivity index (χ0) is 14.6. The van der Waals surface area contributed by atoms with Crippen LogP contribution in [-0.2, 0) is 0 Å². The normalized spacial score (nSPS) is 14.3. The second-order valence-corrected chi connectivity index (χ2v) is 6.09. The summed E-state index contributed by atoms with van der Waals surface area (Å²) in [5.74, 6) is 0.118. The lowest BCUT2D eigenvalue weighted by Gasteiger charge is -2.25. The maximum atomic E-state index is 12.0. The van der Waals surface area contributed by atoms with Gasteiger partial charge in [-0.3, -0.25) is 4.79 Å². The van der Waals surface area contributed by atoms with Crippen molar-refractivity contribution in [2.75, 3.05) is 6.54 Å². The second kappa shape index (κ2) is 6.40. The van der Waals surface area contributed by atoms with Gasteiger partial charge in [-0.25, -0.2) is 0 Å². The Labute approximate surface area is 120 Å². The Morgan fingerprint density at radius 1 is 1.47 bits per heavy atom. The van der Waals surface area contributed by atoms with E-state index in [0.717, 1.165) is 5.56 Å². The number of aryl methyl sites for hydroxylation is 1. The SMILES string of the molecule is Cc1cccc(C(=O)NCC(C)(O)CC(C)C)c1Cl. The van der Waals surface area contributed by atoms with E-state index in [1.165, 1.54) is 0 Å². The lowest BCUT2D eigenvalue weighted by atomic mass is 9.94. The fraction of sp³-hybridized carbons (Fsp3) is 0.533. The van der Waals surface area contributed by atoms with E-state index in [4.69, 9.17) is 11.6 Å². The van der Waals surface area contributed by atoms with Gasteiger partial charge in [-0.15, -0.1) is 0 Å². The van der Waals surface area contributed by atoms with Crippen molar-refractivity contribution in [3.05, 3.63) is 34.3 Å². The van der Waals surface area contributed by atoms with E-state index in [-0.39, 0.29) is 12.5 Å². The highest BCUT2D eigenvalue weighted by atomic mass is 35.5. The monoisotopic (exact) mass is 283 g/mol. The van der Waals surface area contributed by atoms with Gasteiger partial charge in [0.05, 0.1) is 16.2 Å². The van der Waals surface area contributed by atoms with Gasteiger partial charge < -0.3 is 10.4 Å². The first-order valence-electron chi connectivity index (χ1n) is 6.48. The van der Waals surface area contributed by atoms with Gasteiger partial charge in [-0.1, -0.05) is 37.6 Å². The fourth-order valence-electron chi connectivity index (χ4n) is 2.14. The summed E-state index contributed by atoms with van der Waals surface area (Å²) in [5.41, 5.74) is 0.408. The molecule has 3 nitrogen and oxygen atoms in total. The standard InChI is InChI=1S/C15H22ClNO2/c1-10(2)8-15(4,19)9-17-14(18)12-7-5-6-11(3)13(12)16/h5-7,10,19H,8-9H2,1-4H3,(H,17,18). The number of hydrogen-bond acceptors (Lipinski definition) is 2. The maximum Gasteiger partial charge on any atom is 0.252 e. The number of benzene rings is 1. The molecular formula is C15H22ClNO2. The van der Waals surface area contributed by atoms with E-state index in [0.29, 0.717) is 22.9 Å². The quantitative estimate of drug-likeness (QED) is 0.872. The van der Waals surface area contributed by atoms with Crippen LogP contribution < -0.4 is 5.32 Å². The van der Waals surface area contributed by atoms with Gasteiger partial charge in [0.15, 0.2) is 0 Å². The minimum atomic E-state index is -0.903. The summed E-state index contributed by atoms with van der Waals surface area (Å²) in [6.45, 7) is 7.87. The highest BCUT2D eigenvalue weighted by molar-refractivity contribution is 6.34. The van der Waals surface area contributed by atoms with Crippen LogP contribution in [0.25, 0.3) is 0 Å². The molecule has 4 heteroatoms. The number of carbonyl (C=O) groups is 1. The van der Waals surface area contributed by atoms with Crippen LogP contribution in [0.15, 0.2) is 18.2 Å². The van der Waals surface area contributed by atoms with E-state index < -0.39 is 5.60 Å². The summed E-state index contributed by atoms with van der Waals surface area (Å²) in [4.78, 5) is 12.0. The van der Waals surface area contributed by atoms with Crippen molar-refractivity contribution in [1.29, 1.82) is 0 Å². The van der Waals surface area contributed by atoms with Crippen LogP contribution in [0.5, 0.6) is 0 Å². The Morgan fingerprint density at radius 2 is 2.11 bits per heavy atom. The highest BCUT2D eigenvalue weighted by Gasteiger charge is 2.23. The summed E-state index contributed by atoms with van der Waals surface area (Å²) in [6.07, 6.45) is 0.634. The average Bonchev–Trinajstić information content (AvgIpc) is 2.28. The second-order valence-electron chi connectivity index (χ2n) is 5.71. The Hall–Kier alpha value is -1.06. The van der Waals surface area contributed by atoms with Crippen LogP contribution in [0.3, 0.4) is 0 Å². The third-order valence-electron chi connectivity index (χ3n) is 2.91. The summed E-state index contributed by atoms with van der Waals surface area (Å²) in [5, 5.41) is 13.4. The first-order chi connectivity index (χ1) is 8.73. The number of nitrogens with one attached hydrogen (secondary N) is 1. The molecule has 1 aromatic rings. The molecule has 1 aromatic carbocycles. The molecule has 0 spiro atoms. The van der Waals surface area contributed by atoms with Gasteiger partial charge in [0.25, 0.3) is 5.91 Å². The van der Waals surface area contributed by atoms with Crippen LogP contribution >= 0.6 is 11.6 Å². The zero-order valence-electron chi connectivity index (χ0n) is 12.0. The van der Waals surface area contributed by atoms with Crippen molar-refractivity contribution in [3.8, 4) is 0 Å². The molecule has 1 unspecified atom stereocenters. The van der Waals surface area contributed by atoms with Crippen molar-refractivity contribution in [1.82, 2.24) is 5.32 Å². The molecule has 0 aliphatic rings. The maximum absolute atomic E-state index is 12.0. The Balaban J connectivity index is 2.68. The molecule has 2 N–H and O–H groups in total. The molecule has 0 bridgehead atoms. The molecule has 0 saturated carbocycles. The molecule has 106 valence electrons. The van der Waals surface area contributed by atoms with Gasteiger partial charge in [-0.05, 0) is 37.8 Å². The van der Waals surface area contributed by atoms with Gasteiger partial charge in [0.2, 0.25) is 0 Å². The lowest BCUT2D eigenvalue weighted by Crippen LogP contribution is -2.41. The number of rotatable bonds is 5. The molecule has 1 atom stereocenters. The molecule has 0 saturated heterocycles. The van der Waals surface area contributed by atoms with E-state index in [1.807, 2.05) is 26.8 Å². The first-order valence-corrected chi connectivity index (χ1v) is 6.86. The largest absolute Gasteiger partial charge is 0.388 e. The smallest absolute Gasteiger partial charge is 0.252 e. The van der Waals surface area contributed by atoms with Crippen molar-refractivity contribution in [2.24, 2.45) is 5.92 Å². The predicted molar refractivity (Wildman–Crippen MR) is 78.6 cm³/mol. The topological polar surface area (TPSA) is 49.3 Å². The molecular weight excluding hydrogens is 262 g/mol. The van der Waals surface area contributed by atoms with E-state index in [1.54, 1.807) is 19.1 Å². The lowest BCUT2D eigenvalue weighted by molar-refractivity contribution is 0.0368. The Morgan fingerprint density at radius 3 is 2.68 bits per heavy atom. The Kier molecular flexibility index (Phi) is 5.39. The summed E-state index contributed by atoms with van der Waals surface area (Å²) in [6, 6.07) is 5.33. The molecule has 1 amide bonds. The average molecular weight is 284 g/mol. The van der Waals surface area contributed by atoms with E-state index >= 15 is 0 Å². The zero-order valence-corrected chi connectivity index (χ0v) is 12.7. The van der Waals surface area contributed by atoms with Crippen LogP contribution in [0, 0.1) is 12.8 Å². The fourth-order valence-corrected chi connectivity index (χ4v) is 2.35. The number of aliphatic hydroxyl groups is 1. The van der Waals surface area contributed by atoms with Crippen LogP contribution in [-0.4, -0.2) is 23.2 Å². The number of hydrogen-bond donors (Lipinski definition) is 2. The van der Waals surface area contributed by atoms with Crippen molar-refractivity contribution >= 4 is 17.5 Å². The third kappa shape index (κ3) is 4.84. The van der Waals surface area contributed by atoms with Crippen molar-refractivity contribution in [2.45, 2.75) is 39.7 Å². The number of halogens is 1. The van der Waals surface area contributed by atoms with Crippen LogP contribution in [0.1, 0.15) is 43.1 Å². The van der Waals surface area contributed by atoms with Gasteiger partial charge >= 0.3 is 0 Å². The molecule has 0 aromatic heterocycles. The van der Waals surface area contributed by atoms with Crippen molar-refractivity contribution < 1.29 is 9.90 Å². The molecule has 0 fully saturated rings. The summed E-state index contributed by atoms with van der Waals surface area (Å²) < 4.78 is 0. The molecule has 0 aliphatic heterocycles. The van der Waals surface area contributed by atoms with Crippen LogP contribution in [0.2, 0.25) is 5.02 Å². The molecule has 0 aliphatic carbocycles.